The van der Waals surface area contributed by atoms with Crippen LogP contribution in [0, 0.1) is 5.41 Å². The molecule has 0 amide bonds. The van der Waals surface area contributed by atoms with Crippen molar-refractivity contribution in [2.45, 2.75) is 65.6 Å². The molecule has 1 rings (SSSR count). The van der Waals surface area contributed by atoms with Gasteiger partial charge in [-0.25, -0.2) is 0 Å². The molecule has 0 aromatic rings. The molecular formula is C15H26O2. The molecule has 2 unspecified atom stereocenters. The van der Waals surface area contributed by atoms with E-state index in [-0.39, 0.29) is 5.41 Å². The summed E-state index contributed by atoms with van der Waals surface area (Å²) in [5.74, 6) is 0. The zero-order chi connectivity index (χ0) is 13.1. The normalized spacial score (nSPS) is 37.3. The van der Waals surface area contributed by atoms with Crippen LogP contribution in [0.4, 0.5) is 0 Å². The van der Waals surface area contributed by atoms with E-state index in [0.717, 1.165) is 24.8 Å². The minimum Gasteiger partial charge on any atom is -0.388 e. The van der Waals surface area contributed by atoms with Gasteiger partial charge in [-0.05, 0) is 50.5 Å². The van der Waals surface area contributed by atoms with Gasteiger partial charge in [0.1, 0.15) is 0 Å². The van der Waals surface area contributed by atoms with Crippen molar-refractivity contribution < 1.29 is 10.2 Å². The highest BCUT2D eigenvalue weighted by Gasteiger charge is 2.26. The Hall–Kier alpha value is -0.600. The number of aliphatic hydroxyl groups excluding tert-OH is 2. The minimum atomic E-state index is -0.476. The van der Waals surface area contributed by atoms with Gasteiger partial charge in [-0.15, -0.1) is 0 Å². The average molecular weight is 238 g/mol. The van der Waals surface area contributed by atoms with E-state index in [4.69, 9.17) is 0 Å². The number of aliphatic hydroxyl groups is 2. The molecule has 0 aromatic heterocycles. The predicted octanol–water partition coefficient (Wildman–Crippen LogP) is 3.20. The summed E-state index contributed by atoms with van der Waals surface area (Å²) in [6.45, 7) is 8.19. The molecule has 0 bridgehead atoms. The molecular weight excluding hydrogens is 212 g/mol. The molecule has 2 N–H and O–H groups in total. The van der Waals surface area contributed by atoms with Gasteiger partial charge in [0.2, 0.25) is 0 Å². The second-order valence-electron chi connectivity index (χ2n) is 6.00. The maximum Gasteiger partial charge on any atom is 0.0782 e. The molecule has 2 atom stereocenters. The quantitative estimate of drug-likeness (QED) is 0.636. The Morgan fingerprint density at radius 1 is 1.24 bits per heavy atom. The smallest absolute Gasteiger partial charge is 0.0782 e. The Bertz CT molecular complexity index is 313. The molecule has 17 heavy (non-hydrogen) atoms. The van der Waals surface area contributed by atoms with Crippen LogP contribution in [0.5, 0.6) is 0 Å². The van der Waals surface area contributed by atoms with Crippen molar-refractivity contribution >= 4 is 0 Å². The van der Waals surface area contributed by atoms with Crippen LogP contribution in [0.15, 0.2) is 23.3 Å². The molecule has 0 heterocycles. The molecule has 0 aliphatic heterocycles. The zero-order valence-electron chi connectivity index (χ0n) is 11.5. The first-order valence-electron chi connectivity index (χ1n) is 6.53. The maximum absolute atomic E-state index is 10.2. The Morgan fingerprint density at radius 3 is 2.53 bits per heavy atom. The Kier molecular flexibility index (Phi) is 4.96. The van der Waals surface area contributed by atoms with Crippen molar-refractivity contribution in [2.75, 3.05) is 0 Å². The molecule has 2 heteroatoms. The SMILES string of the molecule is C/C1=C/CC(O)/C(C)=C\C(O)C(C)(C)CCC1. The molecule has 1 aliphatic rings. The van der Waals surface area contributed by atoms with Gasteiger partial charge in [-0.1, -0.05) is 31.6 Å². The summed E-state index contributed by atoms with van der Waals surface area (Å²) in [5, 5.41) is 20.2. The summed E-state index contributed by atoms with van der Waals surface area (Å²) in [7, 11) is 0. The lowest BCUT2D eigenvalue weighted by atomic mass is 9.80. The van der Waals surface area contributed by atoms with Crippen LogP contribution in [0.3, 0.4) is 0 Å². The molecule has 0 radical (unpaired) electrons. The Labute approximate surface area is 105 Å². The van der Waals surface area contributed by atoms with Gasteiger partial charge in [0.25, 0.3) is 0 Å². The number of hydrogen-bond acceptors (Lipinski definition) is 2. The molecule has 0 saturated carbocycles. The fourth-order valence-electron chi connectivity index (χ4n) is 2.16. The zero-order valence-corrected chi connectivity index (χ0v) is 11.5. The van der Waals surface area contributed by atoms with Crippen molar-refractivity contribution in [2.24, 2.45) is 5.41 Å². The fourth-order valence-corrected chi connectivity index (χ4v) is 2.16. The van der Waals surface area contributed by atoms with Crippen LogP contribution < -0.4 is 0 Å². The first-order chi connectivity index (χ1) is 7.83. The van der Waals surface area contributed by atoms with Crippen molar-refractivity contribution in [1.29, 1.82) is 0 Å². The summed E-state index contributed by atoms with van der Waals surface area (Å²) in [4.78, 5) is 0. The highest BCUT2D eigenvalue weighted by molar-refractivity contribution is 5.13. The van der Waals surface area contributed by atoms with Crippen molar-refractivity contribution in [3.8, 4) is 0 Å². The van der Waals surface area contributed by atoms with Crippen molar-refractivity contribution in [3.05, 3.63) is 23.3 Å². The van der Waals surface area contributed by atoms with E-state index in [1.54, 1.807) is 0 Å². The van der Waals surface area contributed by atoms with E-state index in [0.29, 0.717) is 6.42 Å². The van der Waals surface area contributed by atoms with Crippen LogP contribution in [0.25, 0.3) is 0 Å². The van der Waals surface area contributed by atoms with Crippen LogP contribution in [-0.2, 0) is 0 Å². The van der Waals surface area contributed by atoms with Gasteiger partial charge in [0.15, 0.2) is 0 Å². The van der Waals surface area contributed by atoms with Crippen LogP contribution in [0.1, 0.15) is 53.4 Å². The topological polar surface area (TPSA) is 40.5 Å². The second kappa shape index (κ2) is 5.83. The first-order valence-corrected chi connectivity index (χ1v) is 6.53. The van der Waals surface area contributed by atoms with Crippen molar-refractivity contribution in [3.63, 3.8) is 0 Å². The molecule has 0 aromatic carbocycles. The first kappa shape index (κ1) is 14.5. The summed E-state index contributed by atoms with van der Waals surface area (Å²) >= 11 is 0. The molecule has 2 nitrogen and oxygen atoms in total. The monoisotopic (exact) mass is 238 g/mol. The maximum atomic E-state index is 10.2. The summed E-state index contributed by atoms with van der Waals surface area (Å²) in [6.07, 6.45) is 6.80. The van der Waals surface area contributed by atoms with Crippen LogP contribution in [0.2, 0.25) is 0 Å². The third-order valence-electron chi connectivity index (χ3n) is 3.83. The van der Waals surface area contributed by atoms with E-state index in [1.807, 2.05) is 13.0 Å². The molecule has 0 saturated heterocycles. The standard InChI is InChI=1S/C15H26O2/c1-11-6-5-9-15(3,4)14(17)10-12(2)13(16)8-7-11/h7,10,13-14,16-17H,5-6,8-9H2,1-4H3/b11-7-,12-10-. The predicted molar refractivity (Wildman–Crippen MR) is 71.8 cm³/mol. The summed E-state index contributed by atoms with van der Waals surface area (Å²) in [6, 6.07) is 0. The minimum absolute atomic E-state index is 0.119. The van der Waals surface area contributed by atoms with Gasteiger partial charge >= 0.3 is 0 Å². The Balaban J connectivity index is 2.92. The molecule has 0 spiro atoms. The van der Waals surface area contributed by atoms with E-state index in [2.05, 4.69) is 26.8 Å². The summed E-state index contributed by atoms with van der Waals surface area (Å²) in [5.41, 5.74) is 2.09. The number of rotatable bonds is 0. The highest BCUT2D eigenvalue weighted by atomic mass is 16.3. The van der Waals surface area contributed by atoms with E-state index < -0.39 is 12.2 Å². The van der Waals surface area contributed by atoms with Gasteiger partial charge in [0, 0.05) is 0 Å². The molecule has 98 valence electrons. The third-order valence-corrected chi connectivity index (χ3v) is 3.83. The lowest BCUT2D eigenvalue weighted by Crippen LogP contribution is -2.28. The van der Waals surface area contributed by atoms with Crippen LogP contribution >= 0.6 is 0 Å². The lowest BCUT2D eigenvalue weighted by molar-refractivity contribution is 0.0797. The lowest BCUT2D eigenvalue weighted by Gasteiger charge is -2.29. The van der Waals surface area contributed by atoms with E-state index >= 15 is 0 Å². The fraction of sp³-hybridized carbons (Fsp3) is 0.733. The second-order valence-corrected chi connectivity index (χ2v) is 6.00. The largest absolute Gasteiger partial charge is 0.388 e. The van der Waals surface area contributed by atoms with E-state index in [1.165, 1.54) is 5.57 Å². The van der Waals surface area contributed by atoms with Gasteiger partial charge in [-0.3, -0.25) is 0 Å². The molecule has 0 fully saturated rings. The van der Waals surface area contributed by atoms with E-state index in [9.17, 15) is 10.2 Å². The van der Waals surface area contributed by atoms with Gasteiger partial charge in [0.05, 0.1) is 12.2 Å². The average Bonchev–Trinajstić information content (AvgIpc) is 2.25. The van der Waals surface area contributed by atoms with Gasteiger partial charge < -0.3 is 10.2 Å². The van der Waals surface area contributed by atoms with Crippen LogP contribution in [-0.4, -0.2) is 22.4 Å². The number of allylic oxidation sites excluding steroid dienone is 1. The summed E-state index contributed by atoms with van der Waals surface area (Å²) < 4.78 is 0. The van der Waals surface area contributed by atoms with Crippen molar-refractivity contribution in [1.82, 2.24) is 0 Å². The highest BCUT2D eigenvalue weighted by Crippen LogP contribution is 2.31. The Morgan fingerprint density at radius 2 is 1.88 bits per heavy atom. The number of hydrogen-bond donors (Lipinski definition) is 2. The molecule has 1 aliphatic carbocycles. The van der Waals surface area contributed by atoms with Gasteiger partial charge in [-0.2, -0.15) is 0 Å². The third kappa shape index (κ3) is 4.29.